The molecule has 1 heterocycles. The monoisotopic (exact) mass is 394 g/mol. The second-order valence-electron chi connectivity index (χ2n) is 7.30. The van der Waals surface area contributed by atoms with Gasteiger partial charge in [0, 0.05) is 30.1 Å². The number of ether oxygens (including phenoxy) is 1. The lowest BCUT2D eigenvalue weighted by Crippen LogP contribution is -2.45. The Labute approximate surface area is 170 Å². The predicted molar refractivity (Wildman–Crippen MR) is 110 cm³/mol. The van der Waals surface area contributed by atoms with Crippen molar-refractivity contribution in [3.63, 3.8) is 0 Å². The number of nitrogens with zero attached hydrogens (tertiary/aromatic N) is 1. The van der Waals surface area contributed by atoms with E-state index >= 15 is 0 Å². The molecule has 0 spiro atoms. The number of likely N-dealkylation sites (tertiary alicyclic amines) is 1. The van der Waals surface area contributed by atoms with Gasteiger partial charge in [-0.25, -0.2) is 0 Å². The summed E-state index contributed by atoms with van der Waals surface area (Å²) >= 11 is 0. The zero-order valence-corrected chi connectivity index (χ0v) is 16.8. The summed E-state index contributed by atoms with van der Waals surface area (Å²) in [6, 6.07) is 14.4. The molecule has 1 fully saturated rings. The van der Waals surface area contributed by atoms with E-state index in [0.29, 0.717) is 37.1 Å². The van der Waals surface area contributed by atoms with Crippen molar-refractivity contribution in [2.45, 2.75) is 19.8 Å². The first-order chi connectivity index (χ1) is 14.0. The molecule has 2 amide bonds. The number of hydrogen-bond acceptors (Lipinski definition) is 4. The maximum atomic E-state index is 12.7. The third-order valence-corrected chi connectivity index (χ3v) is 5.27. The van der Waals surface area contributed by atoms with Crippen molar-refractivity contribution in [3.05, 3.63) is 65.2 Å². The number of methoxy groups -OCH3 is 1. The highest BCUT2D eigenvalue weighted by molar-refractivity contribution is 5.98. The highest BCUT2D eigenvalue weighted by Gasteiger charge is 2.28. The fraction of sp³-hybridized carbons (Fsp3) is 0.348. The summed E-state index contributed by atoms with van der Waals surface area (Å²) in [6.45, 7) is 2.92. The van der Waals surface area contributed by atoms with Crippen molar-refractivity contribution in [1.82, 2.24) is 10.2 Å². The van der Waals surface area contributed by atoms with Crippen LogP contribution in [0, 0.1) is 12.8 Å². The van der Waals surface area contributed by atoms with E-state index in [1.165, 1.54) is 0 Å². The first-order valence-electron chi connectivity index (χ1n) is 9.79. The molecule has 1 aliphatic heterocycles. The zero-order chi connectivity index (χ0) is 20.8. The lowest BCUT2D eigenvalue weighted by Gasteiger charge is -2.31. The van der Waals surface area contributed by atoms with Crippen LogP contribution in [0.15, 0.2) is 48.5 Å². The number of Topliss-reactive ketones (excluding diaryl/α,β-unsaturated/α-hetero) is 1. The summed E-state index contributed by atoms with van der Waals surface area (Å²) in [5, 5.41) is 2.68. The summed E-state index contributed by atoms with van der Waals surface area (Å²) in [5.74, 6) is 0.351. The quantitative estimate of drug-likeness (QED) is 0.765. The first kappa shape index (κ1) is 20.6. The molecule has 0 atom stereocenters. The van der Waals surface area contributed by atoms with Crippen molar-refractivity contribution >= 4 is 17.6 Å². The number of hydrogen-bond donors (Lipinski definition) is 1. The van der Waals surface area contributed by atoms with Gasteiger partial charge in [0.2, 0.25) is 5.91 Å². The van der Waals surface area contributed by atoms with Crippen LogP contribution in [0.1, 0.15) is 39.1 Å². The smallest absolute Gasteiger partial charge is 0.251 e. The van der Waals surface area contributed by atoms with Crippen LogP contribution in [0.25, 0.3) is 0 Å². The van der Waals surface area contributed by atoms with Crippen LogP contribution in [-0.4, -0.2) is 49.2 Å². The molecule has 0 radical (unpaired) electrons. The number of carbonyl (C=O) groups is 3. The van der Waals surface area contributed by atoms with E-state index in [9.17, 15) is 14.4 Å². The van der Waals surface area contributed by atoms with Gasteiger partial charge in [-0.3, -0.25) is 14.4 Å². The number of rotatable bonds is 6. The number of piperidine rings is 1. The maximum Gasteiger partial charge on any atom is 0.251 e. The number of ketones is 1. The van der Waals surface area contributed by atoms with E-state index in [0.717, 1.165) is 11.3 Å². The van der Waals surface area contributed by atoms with Crippen LogP contribution in [0.5, 0.6) is 5.75 Å². The molecule has 1 saturated heterocycles. The van der Waals surface area contributed by atoms with E-state index in [4.69, 9.17) is 4.74 Å². The Bertz CT molecular complexity index is 884. The number of benzene rings is 2. The van der Waals surface area contributed by atoms with E-state index < -0.39 is 0 Å². The minimum Gasteiger partial charge on any atom is -0.497 e. The van der Waals surface area contributed by atoms with E-state index in [1.54, 1.807) is 48.4 Å². The fourth-order valence-corrected chi connectivity index (χ4v) is 3.54. The molecule has 1 aliphatic rings. The van der Waals surface area contributed by atoms with Gasteiger partial charge in [-0.05, 0) is 56.2 Å². The lowest BCUT2D eigenvalue weighted by molar-refractivity contribution is -0.131. The largest absolute Gasteiger partial charge is 0.497 e. The summed E-state index contributed by atoms with van der Waals surface area (Å²) < 4.78 is 5.12. The highest BCUT2D eigenvalue weighted by atomic mass is 16.5. The minimum absolute atomic E-state index is 0.0378. The van der Waals surface area contributed by atoms with Gasteiger partial charge in [-0.15, -0.1) is 0 Å². The van der Waals surface area contributed by atoms with Crippen LogP contribution < -0.4 is 10.1 Å². The summed E-state index contributed by atoms with van der Waals surface area (Å²) in [4.78, 5) is 39.0. The summed E-state index contributed by atoms with van der Waals surface area (Å²) in [5.41, 5.74) is 2.20. The van der Waals surface area contributed by atoms with Crippen LogP contribution in [0.2, 0.25) is 0 Å². The Morgan fingerprint density at radius 2 is 1.72 bits per heavy atom. The van der Waals surface area contributed by atoms with Gasteiger partial charge in [0.15, 0.2) is 5.78 Å². The molecule has 2 aromatic rings. The molecule has 3 rings (SSSR count). The van der Waals surface area contributed by atoms with Gasteiger partial charge >= 0.3 is 0 Å². The summed E-state index contributed by atoms with van der Waals surface area (Å²) in [7, 11) is 1.59. The molecule has 6 heteroatoms. The Morgan fingerprint density at radius 3 is 2.34 bits per heavy atom. The topological polar surface area (TPSA) is 75.7 Å². The molecule has 0 aromatic heterocycles. The first-order valence-corrected chi connectivity index (χ1v) is 9.79. The van der Waals surface area contributed by atoms with Gasteiger partial charge in [0.05, 0.1) is 13.7 Å². The number of amides is 2. The van der Waals surface area contributed by atoms with Gasteiger partial charge in [0.1, 0.15) is 5.75 Å². The van der Waals surface area contributed by atoms with E-state index in [-0.39, 0.29) is 30.1 Å². The van der Waals surface area contributed by atoms with Crippen molar-refractivity contribution in [3.8, 4) is 5.75 Å². The molecule has 1 N–H and O–H groups in total. The van der Waals surface area contributed by atoms with Gasteiger partial charge in [0.25, 0.3) is 5.91 Å². The lowest BCUT2D eigenvalue weighted by atomic mass is 9.89. The molecular weight excluding hydrogens is 368 g/mol. The fourth-order valence-electron chi connectivity index (χ4n) is 3.54. The normalized spacial score (nSPS) is 14.3. The molecule has 2 aromatic carbocycles. The second kappa shape index (κ2) is 9.37. The Balaban J connectivity index is 1.47. The average Bonchev–Trinajstić information content (AvgIpc) is 2.77. The third-order valence-electron chi connectivity index (χ3n) is 5.27. The highest BCUT2D eigenvalue weighted by Crippen LogP contribution is 2.23. The predicted octanol–water partition coefficient (Wildman–Crippen LogP) is 2.85. The molecule has 0 unspecified atom stereocenters. The van der Waals surface area contributed by atoms with Crippen LogP contribution in [0.4, 0.5) is 0 Å². The van der Waals surface area contributed by atoms with Crippen LogP contribution in [0.3, 0.4) is 0 Å². The molecule has 152 valence electrons. The van der Waals surface area contributed by atoms with Crippen molar-refractivity contribution in [1.29, 1.82) is 0 Å². The van der Waals surface area contributed by atoms with Gasteiger partial charge in [-0.1, -0.05) is 17.7 Å². The van der Waals surface area contributed by atoms with Crippen LogP contribution >= 0.6 is 0 Å². The maximum absolute atomic E-state index is 12.7. The molecule has 0 saturated carbocycles. The average molecular weight is 394 g/mol. The van der Waals surface area contributed by atoms with Gasteiger partial charge < -0.3 is 15.0 Å². The number of aryl methyl sites for hydroxylation is 1. The van der Waals surface area contributed by atoms with Crippen molar-refractivity contribution < 1.29 is 19.1 Å². The Morgan fingerprint density at radius 1 is 1.03 bits per heavy atom. The minimum atomic E-state index is -0.258. The standard InChI is InChI=1S/C23H26N2O4/c1-16-4-3-5-19(14-16)23(28)24-15-21(26)25-12-10-18(11-13-25)22(27)17-6-8-20(29-2)9-7-17/h3-9,14,18H,10-13,15H2,1-2H3,(H,24,28). The SMILES string of the molecule is COc1ccc(C(=O)C2CCN(C(=O)CNC(=O)c3cccc(C)c3)CC2)cc1. The number of nitrogens with one attached hydrogen (secondary N) is 1. The molecule has 29 heavy (non-hydrogen) atoms. The summed E-state index contributed by atoms with van der Waals surface area (Å²) in [6.07, 6.45) is 1.25. The van der Waals surface area contributed by atoms with Crippen LogP contribution in [-0.2, 0) is 4.79 Å². The molecule has 0 bridgehead atoms. The molecule has 6 nitrogen and oxygen atoms in total. The third kappa shape index (κ3) is 5.22. The van der Waals surface area contributed by atoms with E-state index in [1.807, 2.05) is 19.1 Å². The van der Waals surface area contributed by atoms with Crippen molar-refractivity contribution in [2.24, 2.45) is 5.92 Å². The van der Waals surface area contributed by atoms with E-state index in [2.05, 4.69) is 5.32 Å². The molecular formula is C23H26N2O4. The second-order valence-corrected chi connectivity index (χ2v) is 7.30. The number of carbonyl (C=O) groups excluding carboxylic acids is 3. The molecule has 0 aliphatic carbocycles. The Kier molecular flexibility index (Phi) is 6.65. The van der Waals surface area contributed by atoms with Crippen molar-refractivity contribution in [2.75, 3.05) is 26.7 Å². The van der Waals surface area contributed by atoms with Gasteiger partial charge in [-0.2, -0.15) is 0 Å². The zero-order valence-electron chi connectivity index (χ0n) is 16.8. The Hall–Kier alpha value is -3.15.